The molecular weight excluding hydrogens is 608 g/mol. The summed E-state index contributed by atoms with van der Waals surface area (Å²) in [7, 11) is 0. The van der Waals surface area contributed by atoms with Crippen LogP contribution in [-0.4, -0.2) is 48.8 Å². The average molecular weight is 667 g/mol. The zero-order chi connectivity index (χ0) is 33.6. The number of rotatable bonds is 11. The number of fused-ring (bicyclic) bond motifs is 6. The van der Waals surface area contributed by atoms with E-state index in [9.17, 15) is 19.2 Å². The first-order valence-electron chi connectivity index (χ1n) is 19.7. The van der Waals surface area contributed by atoms with Crippen LogP contribution in [0, 0.1) is 94.7 Å². The van der Waals surface area contributed by atoms with Crippen molar-refractivity contribution in [2.24, 2.45) is 94.7 Å². The Labute approximate surface area is 286 Å². The van der Waals surface area contributed by atoms with Gasteiger partial charge in [-0.05, 0) is 156 Å². The van der Waals surface area contributed by atoms with Crippen LogP contribution in [0.4, 0.5) is 0 Å². The van der Waals surface area contributed by atoms with Crippen LogP contribution in [0.5, 0.6) is 0 Å². The second-order valence-electron chi connectivity index (χ2n) is 18.7. The van der Waals surface area contributed by atoms with Crippen LogP contribution in [0.25, 0.3) is 0 Å². The van der Waals surface area contributed by atoms with Gasteiger partial charge in [-0.3, -0.25) is 19.2 Å². The molecule has 8 nitrogen and oxygen atoms in total. The number of esters is 4. The Morgan fingerprint density at radius 2 is 1.29 bits per heavy atom. The van der Waals surface area contributed by atoms with Gasteiger partial charge >= 0.3 is 23.9 Å². The maximum absolute atomic E-state index is 13.5. The molecule has 2 heterocycles. The van der Waals surface area contributed by atoms with Crippen molar-refractivity contribution in [1.82, 2.24) is 0 Å². The van der Waals surface area contributed by atoms with Crippen LogP contribution in [-0.2, 0) is 38.1 Å². The number of carbonyl (C=O) groups excluding carboxylic acids is 4. The SMILES string of the molecule is CCC1C2CC(C(=O)OC(C)(C)C)C(C2)C1CC1C2CC(C(=O)OCC3CO3)C(C2)C1CC1C2CCC(C2)C1CC1C(=O)OC(=O)C1C. The van der Waals surface area contributed by atoms with E-state index in [0.717, 1.165) is 44.9 Å². The number of hydrogen-bond acceptors (Lipinski definition) is 8. The van der Waals surface area contributed by atoms with Gasteiger partial charge in [-0.2, -0.15) is 0 Å². The van der Waals surface area contributed by atoms with Crippen molar-refractivity contribution in [2.45, 2.75) is 117 Å². The highest BCUT2D eigenvalue weighted by molar-refractivity contribution is 5.96. The third-order valence-corrected chi connectivity index (χ3v) is 15.4. The lowest BCUT2D eigenvalue weighted by atomic mass is 9.61. The largest absolute Gasteiger partial charge is 0.463 e. The van der Waals surface area contributed by atoms with Crippen molar-refractivity contribution in [3.63, 3.8) is 0 Å². The molecule has 48 heavy (non-hydrogen) atoms. The summed E-state index contributed by atoms with van der Waals surface area (Å²) in [6.45, 7) is 11.2. The van der Waals surface area contributed by atoms with Crippen LogP contribution < -0.4 is 0 Å². The molecule has 0 amide bonds. The number of epoxide rings is 1. The molecule has 0 N–H and O–H groups in total. The zero-order valence-corrected chi connectivity index (χ0v) is 29.8. The minimum Gasteiger partial charge on any atom is -0.463 e. The molecule has 0 aromatic rings. The van der Waals surface area contributed by atoms with Gasteiger partial charge in [0.05, 0.1) is 30.3 Å². The molecule has 6 bridgehead atoms. The van der Waals surface area contributed by atoms with E-state index in [1.807, 2.05) is 27.7 Å². The fourth-order valence-electron chi connectivity index (χ4n) is 13.4. The monoisotopic (exact) mass is 666 g/mol. The highest BCUT2D eigenvalue weighted by atomic mass is 16.6. The molecule has 17 unspecified atom stereocenters. The van der Waals surface area contributed by atoms with Crippen molar-refractivity contribution >= 4 is 23.9 Å². The molecule has 0 aromatic carbocycles. The Balaban J connectivity index is 1.04. The Morgan fingerprint density at radius 1 is 0.729 bits per heavy atom. The van der Waals surface area contributed by atoms with Crippen LogP contribution in [0.15, 0.2) is 0 Å². The highest BCUT2D eigenvalue weighted by Crippen LogP contribution is 2.66. The first-order valence-corrected chi connectivity index (χ1v) is 19.7. The Kier molecular flexibility index (Phi) is 8.55. The third-order valence-electron chi connectivity index (χ3n) is 15.4. The lowest BCUT2D eigenvalue weighted by Crippen LogP contribution is -2.40. The summed E-state index contributed by atoms with van der Waals surface area (Å²) in [5, 5.41) is 0. The summed E-state index contributed by atoms with van der Waals surface area (Å²) in [4.78, 5) is 52.1. The second-order valence-corrected chi connectivity index (χ2v) is 18.7. The molecule has 6 aliphatic carbocycles. The van der Waals surface area contributed by atoms with E-state index in [0.29, 0.717) is 84.2 Å². The van der Waals surface area contributed by atoms with Crippen molar-refractivity contribution in [1.29, 1.82) is 0 Å². The molecule has 6 saturated carbocycles. The van der Waals surface area contributed by atoms with Crippen LogP contribution in [0.1, 0.15) is 105 Å². The topological polar surface area (TPSA) is 109 Å². The predicted molar refractivity (Wildman–Crippen MR) is 176 cm³/mol. The first-order chi connectivity index (χ1) is 22.9. The van der Waals surface area contributed by atoms with Crippen molar-refractivity contribution in [3.8, 4) is 0 Å². The van der Waals surface area contributed by atoms with Gasteiger partial charge in [0.2, 0.25) is 0 Å². The summed E-state index contributed by atoms with van der Waals surface area (Å²) in [6.07, 6.45) is 12.2. The van der Waals surface area contributed by atoms with Gasteiger partial charge in [-0.25, -0.2) is 0 Å². The molecule has 266 valence electrons. The van der Waals surface area contributed by atoms with E-state index in [2.05, 4.69) is 6.92 Å². The summed E-state index contributed by atoms with van der Waals surface area (Å²) in [6, 6.07) is 0. The van der Waals surface area contributed by atoms with E-state index in [4.69, 9.17) is 18.9 Å². The number of carbonyl (C=O) groups is 4. The maximum atomic E-state index is 13.5. The number of cyclic esters (lactones) is 2. The smallest absolute Gasteiger partial charge is 0.317 e. The van der Waals surface area contributed by atoms with E-state index in [1.54, 1.807) is 0 Å². The van der Waals surface area contributed by atoms with Crippen LogP contribution in [0.3, 0.4) is 0 Å². The third kappa shape index (κ3) is 5.86. The fourth-order valence-corrected chi connectivity index (χ4v) is 13.4. The highest BCUT2D eigenvalue weighted by Gasteiger charge is 2.61. The van der Waals surface area contributed by atoms with E-state index < -0.39 is 5.60 Å². The lowest BCUT2D eigenvalue weighted by molar-refractivity contribution is -0.163. The van der Waals surface area contributed by atoms with Gasteiger partial charge in [-0.1, -0.05) is 20.3 Å². The van der Waals surface area contributed by atoms with Gasteiger partial charge in [0.15, 0.2) is 0 Å². The molecule has 2 aliphatic heterocycles. The number of hydrogen-bond donors (Lipinski definition) is 0. The Hall–Kier alpha value is -1.96. The normalized spacial score (nSPS) is 48.4. The summed E-state index contributed by atoms with van der Waals surface area (Å²) in [5.41, 5.74) is -0.471. The van der Waals surface area contributed by atoms with Crippen molar-refractivity contribution in [3.05, 3.63) is 0 Å². The molecule has 8 aliphatic rings. The molecule has 8 rings (SSSR count). The van der Waals surface area contributed by atoms with Gasteiger partial charge in [0.25, 0.3) is 0 Å². The van der Waals surface area contributed by atoms with Gasteiger partial charge in [-0.15, -0.1) is 0 Å². The molecule has 0 radical (unpaired) electrons. The number of ether oxygens (including phenoxy) is 4. The Bertz CT molecular complexity index is 1300. The van der Waals surface area contributed by atoms with Gasteiger partial charge in [0, 0.05) is 0 Å². The Morgan fingerprint density at radius 3 is 1.85 bits per heavy atom. The minimum atomic E-state index is -0.471. The van der Waals surface area contributed by atoms with Crippen molar-refractivity contribution < 1.29 is 38.1 Å². The molecule has 0 spiro atoms. The lowest BCUT2D eigenvalue weighted by Gasteiger charge is -2.43. The molecule has 17 atom stereocenters. The molecule has 8 heteroatoms. The quantitative estimate of drug-likeness (QED) is 0.105. The molecule has 8 fully saturated rings. The van der Waals surface area contributed by atoms with Crippen LogP contribution >= 0.6 is 0 Å². The summed E-state index contributed by atoms with van der Waals surface area (Å²) in [5.74, 6) is 4.92. The van der Waals surface area contributed by atoms with E-state index >= 15 is 0 Å². The summed E-state index contributed by atoms with van der Waals surface area (Å²) >= 11 is 0. The molecule has 0 aromatic heterocycles. The first kappa shape index (κ1) is 33.2. The molecular formula is C40H58O8. The second kappa shape index (κ2) is 12.4. The van der Waals surface area contributed by atoms with Gasteiger partial charge in [0.1, 0.15) is 18.3 Å². The molecule has 2 saturated heterocycles. The fraction of sp³-hybridized carbons (Fsp3) is 0.900. The van der Waals surface area contributed by atoms with Crippen LogP contribution in [0.2, 0.25) is 0 Å². The predicted octanol–water partition coefficient (Wildman–Crippen LogP) is 6.63. The maximum Gasteiger partial charge on any atom is 0.317 e. The minimum absolute atomic E-state index is 0.00414. The van der Waals surface area contributed by atoms with E-state index in [1.165, 1.54) is 25.7 Å². The zero-order valence-electron chi connectivity index (χ0n) is 29.8. The van der Waals surface area contributed by atoms with E-state index in [-0.39, 0.29) is 53.7 Å². The van der Waals surface area contributed by atoms with Crippen molar-refractivity contribution in [2.75, 3.05) is 13.2 Å². The summed E-state index contributed by atoms with van der Waals surface area (Å²) < 4.78 is 22.2. The standard InChI is InChI=1S/C40H58O8/c1-6-25-22-10-30(35(12-22)39(44)48-40(3,4)5)32(25)16-29-23-11-31(34(13-23)37(42)46-18-24-17-45-24)33(29)15-28-21-8-7-20(9-21)27(28)14-26-19(2)36(41)47-38(26)43/h19-35H,6-18H2,1-5H3. The average Bonchev–Trinajstić information content (AvgIpc) is 3.63. The van der Waals surface area contributed by atoms with Gasteiger partial charge < -0.3 is 18.9 Å².